The van der Waals surface area contributed by atoms with Crippen LogP contribution in [0.1, 0.15) is 12.5 Å². The number of fused-ring (bicyclic) bond motifs is 1. The molecule has 0 radical (unpaired) electrons. The SMILES string of the molecule is CC(=O)N1CCc2cc(S(=O)(=O)N(C)CCOc3ccc(F)cc3)ccc21. The number of rotatable bonds is 6. The lowest BCUT2D eigenvalue weighted by molar-refractivity contribution is -0.116. The number of anilines is 1. The number of ether oxygens (including phenoxy) is 1. The third kappa shape index (κ3) is 4.12. The van der Waals surface area contributed by atoms with E-state index >= 15 is 0 Å². The fraction of sp³-hybridized carbons (Fsp3) is 0.316. The van der Waals surface area contributed by atoms with Gasteiger partial charge in [0.15, 0.2) is 0 Å². The van der Waals surface area contributed by atoms with E-state index in [1.807, 2.05) is 0 Å². The van der Waals surface area contributed by atoms with Crippen molar-refractivity contribution in [3.8, 4) is 5.75 Å². The molecule has 0 saturated heterocycles. The van der Waals surface area contributed by atoms with Crippen molar-refractivity contribution in [2.24, 2.45) is 0 Å². The van der Waals surface area contributed by atoms with Gasteiger partial charge in [0, 0.05) is 32.7 Å². The number of carbonyl (C=O) groups excluding carboxylic acids is 1. The van der Waals surface area contributed by atoms with Gasteiger partial charge in [0.2, 0.25) is 15.9 Å². The number of amides is 1. The lowest BCUT2D eigenvalue weighted by Gasteiger charge is -2.19. The van der Waals surface area contributed by atoms with Gasteiger partial charge in [-0.1, -0.05) is 0 Å². The molecule has 6 nitrogen and oxygen atoms in total. The molecule has 0 aromatic heterocycles. The van der Waals surface area contributed by atoms with Crippen molar-refractivity contribution >= 4 is 21.6 Å². The van der Waals surface area contributed by atoms with Crippen LogP contribution in [-0.4, -0.2) is 45.4 Å². The molecule has 0 bridgehead atoms. The first-order valence-electron chi connectivity index (χ1n) is 8.55. The zero-order chi connectivity index (χ0) is 19.6. The highest BCUT2D eigenvalue weighted by Crippen LogP contribution is 2.30. The Morgan fingerprint density at radius 3 is 2.59 bits per heavy atom. The Morgan fingerprint density at radius 1 is 1.22 bits per heavy atom. The molecule has 2 aromatic carbocycles. The van der Waals surface area contributed by atoms with Crippen LogP contribution in [0.4, 0.5) is 10.1 Å². The van der Waals surface area contributed by atoms with E-state index in [1.165, 1.54) is 48.6 Å². The second kappa shape index (κ2) is 7.66. The summed E-state index contributed by atoms with van der Waals surface area (Å²) in [6.45, 7) is 2.35. The largest absolute Gasteiger partial charge is 0.492 e. The Kier molecular flexibility index (Phi) is 5.48. The maximum absolute atomic E-state index is 12.9. The van der Waals surface area contributed by atoms with E-state index in [9.17, 15) is 17.6 Å². The first-order chi connectivity index (χ1) is 12.8. The third-order valence-electron chi connectivity index (χ3n) is 4.52. The van der Waals surface area contributed by atoms with Gasteiger partial charge in [-0.15, -0.1) is 0 Å². The van der Waals surface area contributed by atoms with Gasteiger partial charge in [-0.2, -0.15) is 4.31 Å². The van der Waals surface area contributed by atoms with E-state index in [-0.39, 0.29) is 29.8 Å². The highest BCUT2D eigenvalue weighted by atomic mass is 32.2. The molecule has 0 fully saturated rings. The number of hydrogen-bond acceptors (Lipinski definition) is 4. The Morgan fingerprint density at radius 2 is 1.93 bits per heavy atom. The third-order valence-corrected chi connectivity index (χ3v) is 6.38. The van der Waals surface area contributed by atoms with Gasteiger partial charge >= 0.3 is 0 Å². The minimum absolute atomic E-state index is 0.0561. The maximum Gasteiger partial charge on any atom is 0.242 e. The summed E-state index contributed by atoms with van der Waals surface area (Å²) in [6.07, 6.45) is 0.635. The maximum atomic E-state index is 12.9. The summed E-state index contributed by atoms with van der Waals surface area (Å²) in [6, 6.07) is 10.4. The number of hydrogen-bond donors (Lipinski definition) is 0. The highest BCUT2D eigenvalue weighted by molar-refractivity contribution is 7.89. The van der Waals surface area contributed by atoms with Crippen LogP contribution in [0, 0.1) is 5.82 Å². The monoisotopic (exact) mass is 392 g/mol. The van der Waals surface area contributed by atoms with Crippen molar-refractivity contribution in [3.05, 3.63) is 53.8 Å². The summed E-state index contributed by atoms with van der Waals surface area (Å²) < 4.78 is 45.1. The van der Waals surface area contributed by atoms with E-state index in [1.54, 1.807) is 17.0 Å². The number of benzene rings is 2. The molecule has 1 aliphatic rings. The summed E-state index contributed by atoms with van der Waals surface area (Å²) in [4.78, 5) is 13.5. The van der Waals surface area contributed by atoms with Crippen LogP contribution in [-0.2, 0) is 21.2 Å². The zero-order valence-electron chi connectivity index (χ0n) is 15.2. The number of carbonyl (C=O) groups is 1. The van der Waals surface area contributed by atoms with Crippen LogP contribution >= 0.6 is 0 Å². The van der Waals surface area contributed by atoms with Crippen molar-refractivity contribution < 1.29 is 22.3 Å². The first-order valence-corrected chi connectivity index (χ1v) is 9.99. The fourth-order valence-corrected chi connectivity index (χ4v) is 4.19. The molecule has 0 atom stereocenters. The molecule has 8 heteroatoms. The smallest absolute Gasteiger partial charge is 0.242 e. The molecule has 1 heterocycles. The van der Waals surface area contributed by atoms with Crippen LogP contribution in [0.3, 0.4) is 0 Å². The Labute approximate surface area is 158 Å². The minimum atomic E-state index is -3.67. The second-order valence-corrected chi connectivity index (χ2v) is 8.39. The van der Waals surface area contributed by atoms with Crippen LogP contribution in [0.2, 0.25) is 0 Å². The van der Waals surface area contributed by atoms with Crippen LogP contribution < -0.4 is 9.64 Å². The van der Waals surface area contributed by atoms with E-state index in [0.717, 1.165) is 11.3 Å². The molecule has 0 aliphatic carbocycles. The molecule has 3 rings (SSSR count). The molecule has 1 amide bonds. The van der Waals surface area contributed by atoms with Crippen molar-refractivity contribution in [1.82, 2.24) is 4.31 Å². The Hall–Kier alpha value is -2.45. The molecule has 1 aliphatic heterocycles. The van der Waals surface area contributed by atoms with Crippen molar-refractivity contribution in [2.75, 3.05) is 31.6 Å². The van der Waals surface area contributed by atoms with Gasteiger partial charge in [-0.25, -0.2) is 12.8 Å². The van der Waals surface area contributed by atoms with Gasteiger partial charge in [0.25, 0.3) is 0 Å². The van der Waals surface area contributed by atoms with E-state index in [0.29, 0.717) is 18.7 Å². The summed E-state index contributed by atoms with van der Waals surface area (Å²) in [5.41, 5.74) is 1.62. The van der Waals surface area contributed by atoms with E-state index in [2.05, 4.69) is 0 Å². The van der Waals surface area contributed by atoms with Crippen molar-refractivity contribution in [1.29, 1.82) is 0 Å². The summed E-state index contributed by atoms with van der Waals surface area (Å²) in [5.74, 6) is 0.0606. The zero-order valence-corrected chi connectivity index (χ0v) is 16.0. The number of nitrogens with zero attached hydrogens (tertiary/aromatic N) is 2. The predicted octanol–water partition coefficient (Wildman–Crippen LogP) is 2.43. The molecule has 0 spiro atoms. The van der Waals surface area contributed by atoms with Crippen LogP contribution in [0.25, 0.3) is 0 Å². The lowest BCUT2D eigenvalue weighted by atomic mass is 10.2. The fourth-order valence-electron chi connectivity index (χ4n) is 2.99. The second-order valence-electron chi connectivity index (χ2n) is 6.34. The van der Waals surface area contributed by atoms with Crippen LogP contribution in [0.5, 0.6) is 5.75 Å². The number of halogens is 1. The van der Waals surface area contributed by atoms with Crippen LogP contribution in [0.15, 0.2) is 47.4 Å². The average molecular weight is 392 g/mol. The summed E-state index contributed by atoms with van der Waals surface area (Å²) in [5, 5.41) is 0. The molecule has 0 saturated carbocycles. The molecular formula is C19H21FN2O4S. The molecule has 0 unspecified atom stereocenters. The average Bonchev–Trinajstić information content (AvgIpc) is 3.06. The standard InChI is InChI=1S/C19H21FN2O4S/c1-14(23)22-10-9-15-13-18(7-8-19(15)22)27(24,25)21(2)11-12-26-17-5-3-16(20)4-6-17/h3-8,13H,9-12H2,1-2H3. The number of likely N-dealkylation sites (N-methyl/N-ethyl adjacent to an activating group) is 1. The van der Waals surface area contributed by atoms with Crippen molar-refractivity contribution in [3.63, 3.8) is 0 Å². The Bertz CT molecular complexity index is 945. The minimum Gasteiger partial charge on any atom is -0.492 e. The summed E-state index contributed by atoms with van der Waals surface area (Å²) >= 11 is 0. The van der Waals surface area contributed by atoms with Gasteiger partial charge in [0.05, 0.1) is 4.90 Å². The number of sulfonamides is 1. The van der Waals surface area contributed by atoms with Crippen molar-refractivity contribution in [2.45, 2.75) is 18.2 Å². The molecule has 0 N–H and O–H groups in total. The topological polar surface area (TPSA) is 66.9 Å². The quantitative estimate of drug-likeness (QED) is 0.757. The molecule has 2 aromatic rings. The van der Waals surface area contributed by atoms with Gasteiger partial charge in [-0.3, -0.25) is 4.79 Å². The van der Waals surface area contributed by atoms with E-state index in [4.69, 9.17) is 4.74 Å². The first kappa shape index (κ1) is 19.3. The Balaban J connectivity index is 1.67. The summed E-state index contributed by atoms with van der Waals surface area (Å²) in [7, 11) is -2.18. The predicted molar refractivity (Wildman–Crippen MR) is 99.9 cm³/mol. The van der Waals surface area contributed by atoms with E-state index < -0.39 is 10.0 Å². The molecular weight excluding hydrogens is 371 g/mol. The molecule has 144 valence electrons. The van der Waals surface area contributed by atoms with Gasteiger partial charge in [0.1, 0.15) is 18.2 Å². The lowest BCUT2D eigenvalue weighted by Crippen LogP contribution is -2.31. The molecule has 27 heavy (non-hydrogen) atoms. The highest BCUT2D eigenvalue weighted by Gasteiger charge is 2.26. The normalized spacial score (nSPS) is 13.7. The van der Waals surface area contributed by atoms with Gasteiger partial charge < -0.3 is 9.64 Å². The van der Waals surface area contributed by atoms with Gasteiger partial charge in [-0.05, 0) is 54.4 Å².